The second kappa shape index (κ2) is 4.31. The first-order valence-corrected chi connectivity index (χ1v) is 7.82. The topological polar surface area (TPSA) is 75.8 Å². The molecular formula is C13H17N3O2S. The lowest BCUT2D eigenvalue weighted by molar-refractivity contribution is 0.223. The van der Waals surface area contributed by atoms with Gasteiger partial charge in [0.1, 0.15) is 4.90 Å². The molecule has 1 heterocycles. The minimum Gasteiger partial charge on any atom is -0.358 e. The molecule has 3 rings (SSSR count). The second-order valence-electron chi connectivity index (χ2n) is 5.36. The highest BCUT2D eigenvalue weighted by Crippen LogP contribution is 2.30. The molecule has 2 aliphatic rings. The summed E-state index contributed by atoms with van der Waals surface area (Å²) in [6.45, 7) is 0.802. The predicted octanol–water partition coefficient (Wildman–Crippen LogP) is 0.805. The smallest absolute Gasteiger partial charge is 0.285 e. The summed E-state index contributed by atoms with van der Waals surface area (Å²) in [5.74, 6) is 1.09. The van der Waals surface area contributed by atoms with Gasteiger partial charge in [-0.05, 0) is 30.9 Å². The van der Waals surface area contributed by atoms with Gasteiger partial charge in [-0.15, -0.1) is 4.40 Å². The van der Waals surface area contributed by atoms with Crippen molar-refractivity contribution in [3.63, 3.8) is 0 Å². The molecule has 19 heavy (non-hydrogen) atoms. The highest BCUT2D eigenvalue weighted by Gasteiger charge is 2.33. The lowest BCUT2D eigenvalue weighted by Gasteiger charge is -2.35. The average Bonchev–Trinajstić information content (AvgIpc) is 2.60. The molecule has 0 amide bonds. The first-order chi connectivity index (χ1) is 8.97. The second-order valence-corrected chi connectivity index (χ2v) is 6.94. The van der Waals surface area contributed by atoms with Gasteiger partial charge in [0.2, 0.25) is 0 Å². The van der Waals surface area contributed by atoms with Crippen molar-refractivity contribution in [3.05, 3.63) is 29.8 Å². The van der Waals surface area contributed by atoms with E-state index in [2.05, 4.69) is 4.40 Å². The number of benzene rings is 1. The number of nitrogens with zero attached hydrogens (tertiary/aromatic N) is 2. The summed E-state index contributed by atoms with van der Waals surface area (Å²) in [5.41, 5.74) is 6.48. The molecule has 0 saturated heterocycles. The Morgan fingerprint density at radius 3 is 2.74 bits per heavy atom. The summed E-state index contributed by atoms with van der Waals surface area (Å²) in [5, 5.41) is 0. The normalized spacial score (nSPS) is 27.4. The zero-order valence-corrected chi connectivity index (χ0v) is 11.6. The van der Waals surface area contributed by atoms with E-state index < -0.39 is 10.0 Å². The quantitative estimate of drug-likeness (QED) is 0.869. The third-order valence-corrected chi connectivity index (χ3v) is 5.10. The minimum atomic E-state index is -3.51. The zero-order valence-electron chi connectivity index (χ0n) is 10.8. The summed E-state index contributed by atoms with van der Waals surface area (Å²) in [4.78, 5) is 2.24. The van der Waals surface area contributed by atoms with E-state index >= 15 is 0 Å². The molecule has 0 unspecified atom stereocenters. The van der Waals surface area contributed by atoms with E-state index in [0.29, 0.717) is 28.3 Å². The molecular weight excluding hydrogens is 262 g/mol. The molecule has 1 fully saturated rings. The molecule has 1 aliphatic carbocycles. The first-order valence-electron chi connectivity index (χ1n) is 6.38. The van der Waals surface area contributed by atoms with Crippen LogP contribution in [0.1, 0.15) is 18.4 Å². The Balaban J connectivity index is 1.85. The van der Waals surface area contributed by atoms with Crippen molar-refractivity contribution < 1.29 is 8.42 Å². The number of sulfonamides is 1. The van der Waals surface area contributed by atoms with Crippen LogP contribution in [0.15, 0.2) is 33.6 Å². The van der Waals surface area contributed by atoms with Gasteiger partial charge in [-0.25, -0.2) is 0 Å². The van der Waals surface area contributed by atoms with Crippen molar-refractivity contribution in [1.29, 1.82) is 0 Å². The van der Waals surface area contributed by atoms with E-state index in [-0.39, 0.29) is 0 Å². The lowest BCUT2D eigenvalue weighted by atomic mass is 9.80. The van der Waals surface area contributed by atoms with Crippen LogP contribution in [-0.2, 0) is 10.0 Å². The summed E-state index contributed by atoms with van der Waals surface area (Å²) in [6, 6.07) is 7.28. The van der Waals surface area contributed by atoms with Crippen LogP contribution >= 0.6 is 0 Å². The Morgan fingerprint density at radius 2 is 2.05 bits per heavy atom. The van der Waals surface area contributed by atoms with Gasteiger partial charge in [0.25, 0.3) is 10.0 Å². The molecule has 102 valence electrons. The van der Waals surface area contributed by atoms with Crippen LogP contribution in [0, 0.1) is 5.92 Å². The van der Waals surface area contributed by atoms with E-state index in [1.807, 2.05) is 24.1 Å². The molecule has 0 radical (unpaired) electrons. The van der Waals surface area contributed by atoms with Crippen molar-refractivity contribution in [2.45, 2.75) is 23.8 Å². The highest BCUT2D eigenvalue weighted by atomic mass is 32.2. The first kappa shape index (κ1) is 12.6. The fourth-order valence-corrected chi connectivity index (χ4v) is 4.03. The van der Waals surface area contributed by atoms with Crippen molar-refractivity contribution >= 4 is 15.9 Å². The Bertz CT molecular complexity index is 633. The monoisotopic (exact) mass is 279 g/mol. The van der Waals surface area contributed by atoms with Crippen molar-refractivity contribution in [2.75, 3.05) is 13.6 Å². The van der Waals surface area contributed by atoms with Gasteiger partial charge >= 0.3 is 0 Å². The SMILES string of the molecule is CN(CC1CC(N)C1)C1=NS(=O)(=O)c2ccccc21. The maximum atomic E-state index is 12.0. The minimum absolute atomic E-state index is 0.305. The lowest BCUT2D eigenvalue weighted by Crippen LogP contribution is -2.43. The zero-order chi connectivity index (χ0) is 13.6. The van der Waals surface area contributed by atoms with Crippen LogP contribution in [0.3, 0.4) is 0 Å². The summed E-state index contributed by atoms with van der Waals surface area (Å²) in [7, 11) is -1.62. The summed E-state index contributed by atoms with van der Waals surface area (Å²) in [6.07, 6.45) is 2.01. The Labute approximate surface area is 113 Å². The molecule has 1 aromatic carbocycles. The van der Waals surface area contributed by atoms with Crippen LogP contribution in [0.25, 0.3) is 0 Å². The largest absolute Gasteiger partial charge is 0.358 e. The molecule has 0 spiro atoms. The van der Waals surface area contributed by atoms with Crippen molar-refractivity contribution in [3.8, 4) is 0 Å². The van der Waals surface area contributed by atoms with Gasteiger partial charge in [0.15, 0.2) is 5.84 Å². The van der Waals surface area contributed by atoms with Gasteiger partial charge in [0.05, 0.1) is 0 Å². The summed E-state index contributed by atoms with van der Waals surface area (Å²) < 4.78 is 27.8. The van der Waals surface area contributed by atoms with Crippen LogP contribution < -0.4 is 5.73 Å². The maximum Gasteiger partial charge on any atom is 0.285 e. The van der Waals surface area contributed by atoms with E-state index in [0.717, 1.165) is 19.4 Å². The maximum absolute atomic E-state index is 12.0. The average molecular weight is 279 g/mol. The Morgan fingerprint density at radius 1 is 1.37 bits per heavy atom. The standard InChI is InChI=1S/C13H17N3O2S/c1-16(8-9-6-10(14)7-9)13-11-4-2-3-5-12(11)19(17,18)15-13/h2-5,9-10H,6-8,14H2,1H3. The molecule has 0 bridgehead atoms. The number of hydrogen-bond acceptors (Lipinski definition) is 4. The molecule has 0 atom stereocenters. The molecule has 6 heteroatoms. The van der Waals surface area contributed by atoms with Crippen LogP contribution in [0.4, 0.5) is 0 Å². The third kappa shape index (κ3) is 2.15. The van der Waals surface area contributed by atoms with E-state index in [9.17, 15) is 8.42 Å². The molecule has 5 nitrogen and oxygen atoms in total. The molecule has 1 aromatic rings. The fraction of sp³-hybridized carbons (Fsp3) is 0.462. The molecule has 2 N–H and O–H groups in total. The highest BCUT2D eigenvalue weighted by molar-refractivity contribution is 7.90. The van der Waals surface area contributed by atoms with Gasteiger partial charge in [0, 0.05) is 25.2 Å². The van der Waals surface area contributed by atoms with Crippen LogP contribution in [0.2, 0.25) is 0 Å². The van der Waals surface area contributed by atoms with Gasteiger partial charge < -0.3 is 10.6 Å². The van der Waals surface area contributed by atoms with Gasteiger partial charge in [-0.2, -0.15) is 8.42 Å². The van der Waals surface area contributed by atoms with Crippen molar-refractivity contribution in [2.24, 2.45) is 16.0 Å². The van der Waals surface area contributed by atoms with E-state index in [4.69, 9.17) is 5.73 Å². The third-order valence-electron chi connectivity index (χ3n) is 3.78. The number of amidine groups is 1. The van der Waals surface area contributed by atoms with Crippen LogP contribution in [-0.4, -0.2) is 38.8 Å². The number of hydrogen-bond donors (Lipinski definition) is 1. The Hall–Kier alpha value is -1.40. The number of nitrogens with two attached hydrogens (primary N) is 1. The predicted molar refractivity (Wildman–Crippen MR) is 73.5 cm³/mol. The van der Waals surface area contributed by atoms with E-state index in [1.165, 1.54) is 0 Å². The van der Waals surface area contributed by atoms with Gasteiger partial charge in [-0.3, -0.25) is 0 Å². The summed E-state index contributed by atoms with van der Waals surface area (Å²) >= 11 is 0. The molecule has 0 aromatic heterocycles. The van der Waals surface area contributed by atoms with Crippen LogP contribution in [0.5, 0.6) is 0 Å². The Kier molecular flexibility index (Phi) is 2.87. The van der Waals surface area contributed by atoms with Crippen molar-refractivity contribution in [1.82, 2.24) is 4.90 Å². The number of fused-ring (bicyclic) bond motifs is 1. The van der Waals surface area contributed by atoms with Gasteiger partial charge in [-0.1, -0.05) is 12.1 Å². The molecule has 1 saturated carbocycles. The molecule has 1 aliphatic heterocycles. The van der Waals surface area contributed by atoms with E-state index in [1.54, 1.807) is 12.1 Å². The fourth-order valence-electron chi connectivity index (χ4n) is 2.77. The number of rotatable bonds is 2.